The second-order valence-electron chi connectivity index (χ2n) is 9.76. The lowest BCUT2D eigenvalue weighted by Crippen LogP contribution is -2.40. The molecule has 0 bridgehead atoms. The Labute approximate surface area is 206 Å². The van der Waals surface area contributed by atoms with Crippen LogP contribution < -0.4 is 10.6 Å². The summed E-state index contributed by atoms with van der Waals surface area (Å²) in [5.41, 5.74) is 4.63. The summed E-state index contributed by atoms with van der Waals surface area (Å²) in [4.78, 5) is 36.2. The largest absolute Gasteiger partial charge is 0.481 e. The van der Waals surface area contributed by atoms with E-state index in [1.54, 1.807) is 6.92 Å². The molecule has 2 aromatic rings. The number of carbonyl (C=O) groups excluding carboxylic acids is 2. The summed E-state index contributed by atoms with van der Waals surface area (Å²) in [5.74, 6) is -1.21. The number of hydrogen-bond acceptors (Lipinski definition) is 4. The van der Waals surface area contributed by atoms with Crippen molar-refractivity contribution in [3.05, 3.63) is 59.7 Å². The van der Waals surface area contributed by atoms with E-state index < -0.39 is 18.0 Å². The van der Waals surface area contributed by atoms with Gasteiger partial charge in [-0.3, -0.25) is 9.59 Å². The Kier molecular flexibility index (Phi) is 8.06. The number of carboxylic acid groups (broad SMARTS) is 1. The lowest BCUT2D eigenvalue weighted by atomic mass is 9.88. The van der Waals surface area contributed by atoms with Gasteiger partial charge >= 0.3 is 12.1 Å². The zero-order chi connectivity index (χ0) is 24.8. The minimum Gasteiger partial charge on any atom is -0.481 e. The normalized spacial score (nSPS) is 16.7. The maximum atomic E-state index is 12.6. The van der Waals surface area contributed by atoms with Crippen molar-refractivity contribution >= 4 is 18.0 Å². The number of benzene rings is 2. The van der Waals surface area contributed by atoms with Crippen LogP contribution in [0.15, 0.2) is 48.5 Å². The number of aliphatic carboxylic acids is 1. The van der Waals surface area contributed by atoms with E-state index in [9.17, 15) is 19.5 Å². The molecule has 2 amide bonds. The first-order chi connectivity index (χ1) is 16.9. The van der Waals surface area contributed by atoms with Gasteiger partial charge in [0.2, 0.25) is 5.91 Å². The van der Waals surface area contributed by atoms with Crippen molar-refractivity contribution in [2.75, 3.05) is 19.7 Å². The summed E-state index contributed by atoms with van der Waals surface area (Å²) in [6, 6.07) is 16.3. The summed E-state index contributed by atoms with van der Waals surface area (Å²) >= 11 is 0. The Balaban J connectivity index is 1.23. The van der Waals surface area contributed by atoms with Crippen LogP contribution in [0.25, 0.3) is 11.1 Å². The lowest BCUT2D eigenvalue weighted by Gasteiger charge is -2.23. The van der Waals surface area contributed by atoms with Gasteiger partial charge in [-0.25, -0.2) is 4.79 Å². The van der Waals surface area contributed by atoms with Gasteiger partial charge in [-0.2, -0.15) is 0 Å². The average molecular weight is 479 g/mol. The van der Waals surface area contributed by atoms with E-state index in [0.29, 0.717) is 12.5 Å². The minimum atomic E-state index is -0.832. The number of fused-ring (bicyclic) bond motifs is 3. The Morgan fingerprint density at radius 1 is 0.943 bits per heavy atom. The van der Waals surface area contributed by atoms with E-state index in [0.717, 1.165) is 36.8 Å². The summed E-state index contributed by atoms with van der Waals surface area (Å²) in [7, 11) is 0. The van der Waals surface area contributed by atoms with Gasteiger partial charge in [0.1, 0.15) is 6.61 Å². The van der Waals surface area contributed by atoms with E-state index in [-0.39, 0.29) is 37.3 Å². The molecule has 1 saturated carbocycles. The predicted octanol–water partition coefficient (Wildman–Crippen LogP) is 4.56. The number of hydrogen-bond donors (Lipinski definition) is 3. The van der Waals surface area contributed by atoms with E-state index in [4.69, 9.17) is 4.74 Å². The quantitative estimate of drug-likeness (QED) is 0.464. The second-order valence-corrected chi connectivity index (χ2v) is 9.76. The SMILES string of the molecule is CC(CNC(=O)OCC1c2ccccc2-c2ccccc21)C(=O)NCC(CC(=O)O)C1CCCC1. The fourth-order valence-electron chi connectivity index (χ4n) is 5.44. The summed E-state index contributed by atoms with van der Waals surface area (Å²) in [6.07, 6.45) is 3.79. The monoisotopic (exact) mass is 478 g/mol. The molecule has 7 nitrogen and oxygen atoms in total. The Morgan fingerprint density at radius 3 is 2.14 bits per heavy atom. The molecule has 0 heterocycles. The van der Waals surface area contributed by atoms with Crippen molar-refractivity contribution in [3.8, 4) is 11.1 Å². The molecule has 0 radical (unpaired) electrons. The molecule has 0 saturated heterocycles. The summed E-state index contributed by atoms with van der Waals surface area (Å²) in [5, 5.41) is 14.8. The number of ether oxygens (including phenoxy) is 1. The van der Waals surface area contributed by atoms with Crippen LogP contribution in [-0.4, -0.2) is 42.8 Å². The number of amides is 2. The molecular weight excluding hydrogens is 444 g/mol. The first-order valence-electron chi connectivity index (χ1n) is 12.5. The molecule has 2 aromatic carbocycles. The van der Waals surface area contributed by atoms with Crippen molar-refractivity contribution in [3.63, 3.8) is 0 Å². The first kappa shape index (κ1) is 24.8. The van der Waals surface area contributed by atoms with Crippen LogP contribution in [0.5, 0.6) is 0 Å². The van der Waals surface area contributed by atoms with Gasteiger partial charge < -0.3 is 20.5 Å². The zero-order valence-corrected chi connectivity index (χ0v) is 20.2. The van der Waals surface area contributed by atoms with Crippen molar-refractivity contribution in [1.82, 2.24) is 10.6 Å². The van der Waals surface area contributed by atoms with Crippen LogP contribution in [0.4, 0.5) is 4.79 Å². The van der Waals surface area contributed by atoms with Crippen molar-refractivity contribution in [2.45, 2.75) is 44.9 Å². The maximum absolute atomic E-state index is 12.6. The lowest BCUT2D eigenvalue weighted by molar-refractivity contribution is -0.139. The van der Waals surface area contributed by atoms with Crippen molar-refractivity contribution in [1.29, 1.82) is 0 Å². The molecule has 4 rings (SSSR count). The molecule has 0 spiro atoms. The first-order valence-corrected chi connectivity index (χ1v) is 12.5. The molecule has 2 atom stereocenters. The predicted molar refractivity (Wildman–Crippen MR) is 133 cm³/mol. The molecule has 2 aliphatic carbocycles. The Hall–Kier alpha value is -3.35. The molecule has 7 heteroatoms. The van der Waals surface area contributed by atoms with E-state index >= 15 is 0 Å². The molecule has 186 valence electrons. The smallest absolute Gasteiger partial charge is 0.407 e. The third-order valence-corrected chi connectivity index (χ3v) is 7.39. The van der Waals surface area contributed by atoms with Gasteiger partial charge in [0.05, 0.1) is 12.3 Å². The molecule has 0 aromatic heterocycles. The van der Waals surface area contributed by atoms with Crippen molar-refractivity contribution < 1.29 is 24.2 Å². The molecule has 35 heavy (non-hydrogen) atoms. The fraction of sp³-hybridized carbons (Fsp3) is 0.464. The number of carbonyl (C=O) groups is 3. The van der Waals surface area contributed by atoms with E-state index in [1.807, 2.05) is 24.3 Å². The third kappa shape index (κ3) is 6.02. The highest BCUT2D eigenvalue weighted by Crippen LogP contribution is 2.44. The van der Waals surface area contributed by atoms with Crippen LogP contribution in [0.1, 0.15) is 56.1 Å². The van der Waals surface area contributed by atoms with Crippen LogP contribution >= 0.6 is 0 Å². The maximum Gasteiger partial charge on any atom is 0.407 e. The van der Waals surface area contributed by atoms with Crippen LogP contribution in [0.2, 0.25) is 0 Å². The number of carboxylic acids is 1. The summed E-state index contributed by atoms with van der Waals surface area (Å²) in [6.45, 7) is 2.46. The number of rotatable bonds is 10. The molecule has 3 N–H and O–H groups in total. The van der Waals surface area contributed by atoms with Gasteiger partial charge in [-0.05, 0) is 34.1 Å². The standard InChI is InChI=1S/C28H34N2O5/c1-18(27(33)29-16-20(14-26(31)32)19-8-2-3-9-19)15-30-28(34)35-17-25-23-12-6-4-10-21(23)22-11-5-7-13-24(22)25/h4-7,10-13,18-20,25H,2-3,8-9,14-17H2,1H3,(H,29,33)(H,30,34)(H,31,32). The molecule has 2 unspecified atom stereocenters. The van der Waals surface area contributed by atoms with Gasteiger partial charge in [0.25, 0.3) is 0 Å². The Bertz CT molecular complexity index is 1020. The Morgan fingerprint density at radius 2 is 1.54 bits per heavy atom. The van der Waals surface area contributed by atoms with Gasteiger partial charge in [0.15, 0.2) is 0 Å². The topological polar surface area (TPSA) is 105 Å². The second kappa shape index (κ2) is 11.4. The average Bonchev–Trinajstić information content (AvgIpc) is 3.50. The fourth-order valence-corrected chi connectivity index (χ4v) is 5.44. The zero-order valence-electron chi connectivity index (χ0n) is 20.2. The molecule has 0 aliphatic heterocycles. The van der Waals surface area contributed by atoms with Gasteiger partial charge in [0, 0.05) is 19.0 Å². The van der Waals surface area contributed by atoms with Crippen LogP contribution in [0, 0.1) is 17.8 Å². The summed E-state index contributed by atoms with van der Waals surface area (Å²) < 4.78 is 5.53. The highest BCUT2D eigenvalue weighted by molar-refractivity contribution is 5.80. The molecule has 2 aliphatic rings. The van der Waals surface area contributed by atoms with Crippen LogP contribution in [-0.2, 0) is 14.3 Å². The minimum absolute atomic E-state index is 0.0179. The molecule has 1 fully saturated rings. The van der Waals surface area contributed by atoms with E-state index in [2.05, 4.69) is 34.9 Å². The molecular formula is C28H34N2O5. The van der Waals surface area contributed by atoms with Gasteiger partial charge in [-0.15, -0.1) is 0 Å². The number of alkyl carbamates (subject to hydrolysis) is 1. The van der Waals surface area contributed by atoms with Crippen LogP contribution in [0.3, 0.4) is 0 Å². The third-order valence-electron chi connectivity index (χ3n) is 7.39. The van der Waals surface area contributed by atoms with Crippen molar-refractivity contribution in [2.24, 2.45) is 17.8 Å². The highest BCUT2D eigenvalue weighted by atomic mass is 16.5. The number of nitrogens with one attached hydrogen (secondary N) is 2. The van der Waals surface area contributed by atoms with Gasteiger partial charge in [-0.1, -0.05) is 81.1 Å². The van der Waals surface area contributed by atoms with E-state index in [1.165, 1.54) is 11.1 Å². The highest BCUT2D eigenvalue weighted by Gasteiger charge is 2.30.